The van der Waals surface area contributed by atoms with Crippen molar-refractivity contribution in [1.82, 2.24) is 19.9 Å². The van der Waals surface area contributed by atoms with Crippen molar-refractivity contribution < 1.29 is 0 Å². The van der Waals surface area contributed by atoms with Crippen LogP contribution in [0.15, 0.2) is 18.5 Å². The number of aromatic nitrogens is 4. The average Bonchev–Trinajstić information content (AvgIpc) is 2.28. The number of nitrogens with one attached hydrogen (secondary N) is 1. The summed E-state index contributed by atoms with van der Waals surface area (Å²) in [4.78, 5) is 16.0. The molecule has 4 nitrogen and oxygen atoms in total. The first-order valence-corrected chi connectivity index (χ1v) is 6.34. The molecule has 0 aromatic carbocycles. The maximum Gasteiger partial charge on any atom is 0.195 e. The molecule has 0 saturated carbocycles. The first-order chi connectivity index (χ1) is 8.54. The number of H-pyrrole nitrogens is 1. The van der Waals surface area contributed by atoms with Crippen LogP contribution in [0.1, 0.15) is 25.1 Å². The van der Waals surface area contributed by atoms with Crippen molar-refractivity contribution in [2.45, 2.75) is 27.2 Å². The maximum absolute atomic E-state index is 5.18. The van der Waals surface area contributed by atoms with Gasteiger partial charge in [-0.1, -0.05) is 26.1 Å². The summed E-state index contributed by atoms with van der Waals surface area (Å²) in [5.74, 6) is 1.78. The summed E-state index contributed by atoms with van der Waals surface area (Å²) >= 11 is 5.18. The predicted molar refractivity (Wildman–Crippen MR) is 73.7 cm³/mol. The van der Waals surface area contributed by atoms with E-state index in [0.29, 0.717) is 22.2 Å². The van der Waals surface area contributed by atoms with Gasteiger partial charge in [-0.2, -0.15) is 0 Å². The lowest BCUT2D eigenvalue weighted by molar-refractivity contribution is 0.634. The van der Waals surface area contributed by atoms with E-state index >= 15 is 0 Å². The smallest absolute Gasteiger partial charge is 0.195 e. The summed E-state index contributed by atoms with van der Waals surface area (Å²) in [6.45, 7) is 6.29. The molecule has 0 aliphatic carbocycles. The number of hydrogen-bond acceptors (Lipinski definition) is 4. The molecule has 0 spiro atoms. The minimum Gasteiger partial charge on any atom is -0.340 e. The highest BCUT2D eigenvalue weighted by Crippen LogP contribution is 2.12. The number of aryl methyl sites for hydroxylation is 1. The third-order valence-corrected chi connectivity index (χ3v) is 2.63. The molecular weight excluding hydrogens is 244 g/mol. The van der Waals surface area contributed by atoms with E-state index in [9.17, 15) is 0 Å². The molecule has 0 unspecified atom stereocenters. The molecule has 2 aromatic heterocycles. The Morgan fingerprint density at radius 1 is 1.28 bits per heavy atom. The van der Waals surface area contributed by atoms with Gasteiger partial charge in [0.25, 0.3) is 0 Å². The lowest BCUT2D eigenvalue weighted by Gasteiger charge is -2.07. The fourth-order valence-corrected chi connectivity index (χ4v) is 1.91. The highest BCUT2D eigenvalue weighted by molar-refractivity contribution is 7.71. The van der Waals surface area contributed by atoms with Crippen LogP contribution in [0, 0.1) is 17.5 Å². The van der Waals surface area contributed by atoms with Crippen LogP contribution in [0.4, 0.5) is 0 Å². The van der Waals surface area contributed by atoms with Gasteiger partial charge >= 0.3 is 0 Å². The van der Waals surface area contributed by atoms with E-state index in [2.05, 4.69) is 33.8 Å². The van der Waals surface area contributed by atoms with Gasteiger partial charge in [0, 0.05) is 18.1 Å². The first-order valence-electron chi connectivity index (χ1n) is 5.94. The first kappa shape index (κ1) is 12.8. The molecule has 0 bridgehead atoms. The molecule has 5 heteroatoms. The number of aromatic amines is 1. The Labute approximate surface area is 112 Å². The fraction of sp³-hybridized carbons (Fsp3) is 0.385. The van der Waals surface area contributed by atoms with Crippen LogP contribution >= 0.6 is 12.2 Å². The Balaban J connectivity index is 2.41. The molecule has 2 heterocycles. The third-order valence-electron chi connectivity index (χ3n) is 2.42. The molecule has 18 heavy (non-hydrogen) atoms. The highest BCUT2D eigenvalue weighted by Gasteiger charge is 2.06. The van der Waals surface area contributed by atoms with Gasteiger partial charge in [-0.05, 0) is 30.9 Å². The second-order valence-electron chi connectivity index (χ2n) is 4.78. The standard InChI is InChI=1S/C13H16N4S/c1-8(2)4-10-5-11(18)17-13(16-10)12-14-6-9(3)7-15-12/h5-8H,4H2,1-3H3,(H,16,17,18). The lowest BCUT2D eigenvalue weighted by atomic mass is 10.1. The number of rotatable bonds is 3. The van der Waals surface area contributed by atoms with Crippen LogP contribution in [0.5, 0.6) is 0 Å². The molecule has 2 aromatic rings. The molecule has 0 aliphatic rings. The van der Waals surface area contributed by atoms with Gasteiger partial charge in [-0.15, -0.1) is 0 Å². The van der Waals surface area contributed by atoms with Crippen LogP contribution in [0.2, 0.25) is 0 Å². The van der Waals surface area contributed by atoms with Crippen molar-refractivity contribution in [2.75, 3.05) is 0 Å². The minimum atomic E-state index is 0.560. The van der Waals surface area contributed by atoms with Crippen LogP contribution in [-0.4, -0.2) is 19.9 Å². The zero-order valence-corrected chi connectivity index (χ0v) is 11.6. The minimum absolute atomic E-state index is 0.560. The summed E-state index contributed by atoms with van der Waals surface area (Å²) in [6.07, 6.45) is 4.48. The normalized spacial score (nSPS) is 10.9. The summed E-state index contributed by atoms with van der Waals surface area (Å²) in [5, 5.41) is 0. The summed E-state index contributed by atoms with van der Waals surface area (Å²) in [7, 11) is 0. The Kier molecular flexibility index (Phi) is 3.81. The number of nitrogens with zero attached hydrogens (tertiary/aromatic N) is 3. The quantitative estimate of drug-likeness (QED) is 0.862. The lowest BCUT2D eigenvalue weighted by Crippen LogP contribution is -2.02. The van der Waals surface area contributed by atoms with E-state index in [1.807, 2.05) is 13.0 Å². The monoisotopic (exact) mass is 260 g/mol. The zero-order chi connectivity index (χ0) is 13.1. The van der Waals surface area contributed by atoms with Crippen LogP contribution in [-0.2, 0) is 6.42 Å². The van der Waals surface area contributed by atoms with Crippen molar-refractivity contribution in [3.63, 3.8) is 0 Å². The molecule has 0 aliphatic heterocycles. The predicted octanol–water partition coefficient (Wildman–Crippen LogP) is 3.10. The van der Waals surface area contributed by atoms with E-state index in [0.717, 1.165) is 17.7 Å². The molecule has 2 rings (SSSR count). The van der Waals surface area contributed by atoms with E-state index < -0.39 is 0 Å². The summed E-state index contributed by atoms with van der Waals surface area (Å²) < 4.78 is 0.573. The second-order valence-corrected chi connectivity index (χ2v) is 5.19. The summed E-state index contributed by atoms with van der Waals surface area (Å²) in [5.41, 5.74) is 2.10. The van der Waals surface area contributed by atoms with E-state index in [-0.39, 0.29) is 0 Å². The van der Waals surface area contributed by atoms with E-state index in [1.165, 1.54) is 0 Å². The average molecular weight is 260 g/mol. The molecule has 94 valence electrons. The van der Waals surface area contributed by atoms with Gasteiger partial charge in [-0.3, -0.25) is 0 Å². The Morgan fingerprint density at radius 3 is 2.56 bits per heavy atom. The van der Waals surface area contributed by atoms with Crippen LogP contribution < -0.4 is 0 Å². The molecule has 0 atom stereocenters. The van der Waals surface area contributed by atoms with Crippen molar-refractivity contribution in [3.05, 3.63) is 34.4 Å². The molecule has 0 fully saturated rings. The molecule has 1 N–H and O–H groups in total. The highest BCUT2D eigenvalue weighted by atomic mass is 32.1. The Hall–Kier alpha value is -1.62. The van der Waals surface area contributed by atoms with E-state index in [1.54, 1.807) is 12.4 Å². The largest absolute Gasteiger partial charge is 0.340 e. The molecule has 0 amide bonds. The Bertz CT molecular complexity index is 587. The van der Waals surface area contributed by atoms with Crippen LogP contribution in [0.25, 0.3) is 11.6 Å². The van der Waals surface area contributed by atoms with Gasteiger partial charge in [0.15, 0.2) is 11.6 Å². The number of hydrogen-bond donors (Lipinski definition) is 1. The topological polar surface area (TPSA) is 54.5 Å². The second kappa shape index (κ2) is 5.35. The van der Waals surface area contributed by atoms with Crippen molar-refractivity contribution >= 4 is 12.2 Å². The fourth-order valence-electron chi connectivity index (χ4n) is 1.68. The van der Waals surface area contributed by atoms with Gasteiger partial charge in [0.2, 0.25) is 0 Å². The third kappa shape index (κ3) is 3.20. The summed E-state index contributed by atoms with van der Waals surface area (Å²) in [6, 6.07) is 1.90. The van der Waals surface area contributed by atoms with Crippen molar-refractivity contribution in [1.29, 1.82) is 0 Å². The van der Waals surface area contributed by atoms with E-state index in [4.69, 9.17) is 12.2 Å². The molecular formula is C13H16N4S. The van der Waals surface area contributed by atoms with Gasteiger partial charge in [-0.25, -0.2) is 15.0 Å². The van der Waals surface area contributed by atoms with Crippen molar-refractivity contribution in [3.8, 4) is 11.6 Å². The maximum atomic E-state index is 5.18. The van der Waals surface area contributed by atoms with Crippen LogP contribution in [0.3, 0.4) is 0 Å². The van der Waals surface area contributed by atoms with Gasteiger partial charge in [0.05, 0.1) is 0 Å². The zero-order valence-electron chi connectivity index (χ0n) is 10.8. The van der Waals surface area contributed by atoms with Gasteiger partial charge < -0.3 is 4.98 Å². The van der Waals surface area contributed by atoms with Crippen molar-refractivity contribution in [2.24, 2.45) is 5.92 Å². The molecule has 0 radical (unpaired) electrons. The Morgan fingerprint density at radius 2 is 1.94 bits per heavy atom. The molecule has 0 saturated heterocycles. The SMILES string of the molecule is Cc1cnc(-c2nc(=S)cc(CC(C)C)[nH]2)nc1. The van der Waals surface area contributed by atoms with Gasteiger partial charge in [0.1, 0.15) is 4.64 Å².